The second kappa shape index (κ2) is 8.24. The van der Waals surface area contributed by atoms with Gasteiger partial charge in [-0.1, -0.05) is 54.4 Å². The number of carbonyl (C=O) groups excluding carboxylic acids is 1. The Balaban J connectivity index is 1.50. The number of piperidine rings is 1. The number of nitrogens with one attached hydrogen (secondary N) is 1. The lowest BCUT2D eigenvalue weighted by Gasteiger charge is -2.60. The summed E-state index contributed by atoms with van der Waals surface area (Å²) in [6.45, 7) is 2.82. The van der Waals surface area contributed by atoms with E-state index in [-0.39, 0.29) is 23.3 Å². The molecule has 3 fully saturated rings. The van der Waals surface area contributed by atoms with Gasteiger partial charge in [-0.15, -0.1) is 5.10 Å². The Labute approximate surface area is 213 Å². The van der Waals surface area contributed by atoms with Crippen molar-refractivity contribution < 1.29 is 9.21 Å². The number of hydrogen-bond donors (Lipinski definition) is 1. The van der Waals surface area contributed by atoms with Crippen molar-refractivity contribution in [2.75, 3.05) is 6.54 Å². The van der Waals surface area contributed by atoms with Crippen LogP contribution in [0.15, 0.2) is 57.7 Å². The Morgan fingerprint density at radius 3 is 2.54 bits per heavy atom. The SMILES string of the molecule is C[C@@]12C[C@H](c3cccc(Cl)c3)[C@@H](c3ccc(Cl)cc3)N(CCC3CCC31Cc1n[nH]c(=O)o1)C2=O. The third kappa shape index (κ3) is 3.48. The van der Waals surface area contributed by atoms with E-state index in [1.165, 1.54) is 0 Å². The number of aromatic nitrogens is 2. The molecule has 0 radical (unpaired) electrons. The van der Waals surface area contributed by atoms with Crippen molar-refractivity contribution >= 4 is 29.1 Å². The fraction of sp³-hybridized carbons (Fsp3) is 0.444. The molecule has 2 aliphatic heterocycles. The lowest BCUT2D eigenvalue weighted by atomic mass is 9.44. The van der Waals surface area contributed by atoms with Crippen LogP contribution < -0.4 is 5.76 Å². The second-order valence-electron chi connectivity index (χ2n) is 10.6. The number of fused-ring (bicyclic) bond motifs is 4. The van der Waals surface area contributed by atoms with Crippen molar-refractivity contribution in [1.29, 1.82) is 0 Å². The summed E-state index contributed by atoms with van der Waals surface area (Å²) in [6.07, 6.45) is 4.07. The molecule has 1 saturated carbocycles. The van der Waals surface area contributed by atoms with Gasteiger partial charge in [-0.2, -0.15) is 0 Å². The third-order valence-corrected chi connectivity index (χ3v) is 9.54. The topological polar surface area (TPSA) is 79.2 Å². The highest BCUT2D eigenvalue weighted by atomic mass is 35.5. The Hall–Kier alpha value is -2.57. The first-order valence-corrected chi connectivity index (χ1v) is 12.9. The summed E-state index contributed by atoms with van der Waals surface area (Å²) >= 11 is 12.7. The van der Waals surface area contributed by atoms with Gasteiger partial charge in [-0.3, -0.25) is 4.79 Å². The molecule has 1 aromatic heterocycles. The number of aromatic amines is 1. The molecule has 0 spiro atoms. The van der Waals surface area contributed by atoms with Crippen molar-refractivity contribution in [3.63, 3.8) is 0 Å². The summed E-state index contributed by atoms with van der Waals surface area (Å²) < 4.78 is 5.34. The van der Waals surface area contributed by atoms with Gasteiger partial charge >= 0.3 is 5.76 Å². The van der Waals surface area contributed by atoms with Crippen LogP contribution in [-0.4, -0.2) is 27.5 Å². The number of rotatable bonds is 4. The van der Waals surface area contributed by atoms with Crippen LogP contribution in [0, 0.1) is 16.7 Å². The number of nitrogens with zero attached hydrogens (tertiary/aromatic N) is 2. The molecule has 2 aromatic carbocycles. The summed E-state index contributed by atoms with van der Waals surface area (Å²) in [7, 11) is 0. The number of benzene rings is 2. The maximum absolute atomic E-state index is 14.4. The van der Waals surface area contributed by atoms with E-state index in [2.05, 4.69) is 28.1 Å². The minimum atomic E-state index is -0.625. The van der Waals surface area contributed by atoms with E-state index in [0.717, 1.165) is 30.4 Å². The predicted octanol–water partition coefficient (Wildman–Crippen LogP) is 5.78. The van der Waals surface area contributed by atoms with Crippen LogP contribution in [0.3, 0.4) is 0 Å². The molecule has 2 saturated heterocycles. The summed E-state index contributed by atoms with van der Waals surface area (Å²) in [5, 5.41) is 7.87. The maximum Gasteiger partial charge on any atom is 0.434 e. The number of carbonyl (C=O) groups is 1. The zero-order chi connectivity index (χ0) is 24.4. The van der Waals surface area contributed by atoms with Gasteiger partial charge in [0, 0.05) is 28.9 Å². The van der Waals surface area contributed by atoms with Crippen LogP contribution in [0.2, 0.25) is 10.0 Å². The zero-order valence-electron chi connectivity index (χ0n) is 19.5. The van der Waals surface area contributed by atoms with E-state index >= 15 is 0 Å². The summed E-state index contributed by atoms with van der Waals surface area (Å²) in [5.74, 6) is 0.437. The van der Waals surface area contributed by atoms with Crippen LogP contribution in [0.4, 0.5) is 0 Å². The van der Waals surface area contributed by atoms with Crippen LogP contribution in [0.1, 0.15) is 61.6 Å². The molecule has 3 heterocycles. The minimum Gasteiger partial charge on any atom is -0.392 e. The standard InChI is InChI=1S/C27H27Cl2N3O3/c1-26-14-21(17-3-2-4-20(29)13-17)23(16-5-7-19(28)8-6-16)32(24(26)33)12-10-18-9-11-27(18,26)15-22-30-31-25(34)35-22/h2-8,13,18,21,23H,9-12,14-15H2,1H3,(H,31,34)/t18?,21-,23-,26+,27?/m1/s1. The van der Waals surface area contributed by atoms with E-state index in [9.17, 15) is 9.59 Å². The Morgan fingerprint density at radius 1 is 1.09 bits per heavy atom. The highest BCUT2D eigenvalue weighted by Crippen LogP contribution is 2.68. The molecule has 3 aromatic rings. The highest BCUT2D eigenvalue weighted by molar-refractivity contribution is 6.30. The normalized spacial score (nSPS) is 32.0. The number of hydrogen-bond acceptors (Lipinski definition) is 4. The highest BCUT2D eigenvalue weighted by Gasteiger charge is 2.67. The summed E-state index contributed by atoms with van der Waals surface area (Å²) in [6, 6.07) is 15.8. The fourth-order valence-electron chi connectivity index (χ4n) is 7.24. The molecule has 1 N–H and O–H groups in total. The van der Waals surface area contributed by atoms with Gasteiger partial charge in [0.2, 0.25) is 11.8 Å². The van der Waals surface area contributed by atoms with Crippen molar-refractivity contribution in [3.05, 3.63) is 86.1 Å². The van der Waals surface area contributed by atoms with Gasteiger partial charge in [-0.25, -0.2) is 9.89 Å². The Bertz CT molecular complexity index is 1340. The molecule has 5 atom stereocenters. The van der Waals surface area contributed by atoms with Crippen LogP contribution in [0.5, 0.6) is 0 Å². The molecule has 1 aliphatic carbocycles. The number of amides is 1. The van der Waals surface area contributed by atoms with Gasteiger partial charge in [0.1, 0.15) is 0 Å². The van der Waals surface area contributed by atoms with Crippen molar-refractivity contribution in [2.45, 2.75) is 51.0 Å². The first-order valence-electron chi connectivity index (χ1n) is 12.2. The molecule has 1 amide bonds. The summed E-state index contributed by atoms with van der Waals surface area (Å²) in [5.41, 5.74) is 1.28. The first kappa shape index (κ1) is 22.9. The average Bonchev–Trinajstić information content (AvgIpc) is 3.23. The van der Waals surface area contributed by atoms with Gasteiger partial charge in [0.05, 0.1) is 11.5 Å². The monoisotopic (exact) mass is 511 g/mol. The van der Waals surface area contributed by atoms with E-state index in [0.29, 0.717) is 41.2 Å². The van der Waals surface area contributed by atoms with E-state index < -0.39 is 11.2 Å². The molecular weight excluding hydrogens is 485 g/mol. The average molecular weight is 512 g/mol. The van der Waals surface area contributed by atoms with E-state index in [1.54, 1.807) is 0 Å². The van der Waals surface area contributed by atoms with Gasteiger partial charge < -0.3 is 9.32 Å². The van der Waals surface area contributed by atoms with Crippen molar-refractivity contribution in [1.82, 2.24) is 15.1 Å². The first-order chi connectivity index (χ1) is 16.8. The third-order valence-electron chi connectivity index (χ3n) is 9.05. The smallest absolute Gasteiger partial charge is 0.392 e. The molecule has 8 heteroatoms. The molecule has 6 rings (SSSR count). The molecule has 6 nitrogen and oxygen atoms in total. The number of halogens is 2. The molecule has 3 aliphatic rings. The number of H-pyrrole nitrogens is 1. The quantitative estimate of drug-likeness (QED) is 0.481. The Morgan fingerprint density at radius 2 is 1.89 bits per heavy atom. The fourth-order valence-corrected chi connectivity index (χ4v) is 7.56. The van der Waals surface area contributed by atoms with Crippen molar-refractivity contribution in [2.24, 2.45) is 16.7 Å². The van der Waals surface area contributed by atoms with Gasteiger partial charge in [0.15, 0.2) is 0 Å². The largest absolute Gasteiger partial charge is 0.434 e. The van der Waals surface area contributed by atoms with Crippen LogP contribution >= 0.6 is 23.2 Å². The van der Waals surface area contributed by atoms with Crippen LogP contribution in [-0.2, 0) is 11.2 Å². The zero-order valence-corrected chi connectivity index (χ0v) is 21.0. The molecule has 35 heavy (non-hydrogen) atoms. The minimum absolute atomic E-state index is 0.0555. The van der Waals surface area contributed by atoms with E-state index in [1.807, 2.05) is 42.5 Å². The Kier molecular flexibility index (Phi) is 5.38. The van der Waals surface area contributed by atoms with Gasteiger partial charge in [0.25, 0.3) is 0 Å². The molecule has 182 valence electrons. The van der Waals surface area contributed by atoms with Crippen molar-refractivity contribution in [3.8, 4) is 0 Å². The summed E-state index contributed by atoms with van der Waals surface area (Å²) in [4.78, 5) is 28.2. The predicted molar refractivity (Wildman–Crippen MR) is 133 cm³/mol. The lowest BCUT2D eigenvalue weighted by molar-refractivity contribution is -0.171. The lowest BCUT2D eigenvalue weighted by Crippen LogP contribution is -2.61. The molecule has 2 bridgehead atoms. The molecular formula is C27H27Cl2N3O3. The second-order valence-corrected chi connectivity index (χ2v) is 11.4. The van der Waals surface area contributed by atoms with Crippen LogP contribution in [0.25, 0.3) is 0 Å². The maximum atomic E-state index is 14.4. The van der Waals surface area contributed by atoms with Gasteiger partial charge in [-0.05, 0) is 72.4 Å². The molecule has 2 unspecified atom stereocenters. The van der Waals surface area contributed by atoms with E-state index in [4.69, 9.17) is 27.6 Å².